The van der Waals surface area contributed by atoms with E-state index in [0.717, 1.165) is 11.3 Å². The van der Waals surface area contributed by atoms with E-state index in [1.807, 2.05) is 6.92 Å². The average molecular weight is 291 g/mol. The molecular formula is C15H21N3O3. The van der Waals surface area contributed by atoms with Crippen LogP contribution in [0.25, 0.3) is 0 Å². The fraction of sp³-hybridized carbons (Fsp3) is 0.467. The number of nitrogens with zero attached hydrogens (tertiary/aromatic N) is 3. The third kappa shape index (κ3) is 2.85. The van der Waals surface area contributed by atoms with Crippen LogP contribution < -0.4 is 0 Å². The molecule has 21 heavy (non-hydrogen) atoms. The summed E-state index contributed by atoms with van der Waals surface area (Å²) in [5.74, 6) is 0. The van der Waals surface area contributed by atoms with Crippen LogP contribution in [0.2, 0.25) is 0 Å². The maximum Gasteiger partial charge on any atom is 0.407 e. The number of aliphatic hydroxyl groups excluding tert-OH is 1. The van der Waals surface area contributed by atoms with Crippen LogP contribution in [0.3, 0.4) is 0 Å². The van der Waals surface area contributed by atoms with E-state index in [0.29, 0.717) is 25.1 Å². The van der Waals surface area contributed by atoms with Crippen LogP contribution in [0.5, 0.6) is 0 Å². The van der Waals surface area contributed by atoms with E-state index in [1.54, 1.807) is 16.8 Å². The first kappa shape index (κ1) is 15.3. The Hall–Kier alpha value is -2.08. The minimum absolute atomic E-state index is 0.119. The standard InChI is InChI=1S/C15H21N3O3/c1-4-6-13(19)14-11-9-17(15(20)21)10(3)8-12(11)16-18(14)7-5-2/h4-5,10,13,19H,1-2,6-9H2,3H3,(H,20,21)/t10-,13?/m1/s1. The van der Waals surface area contributed by atoms with Gasteiger partial charge < -0.3 is 15.1 Å². The zero-order chi connectivity index (χ0) is 15.6. The lowest BCUT2D eigenvalue weighted by atomic mass is 9.97. The van der Waals surface area contributed by atoms with Crippen molar-refractivity contribution in [3.63, 3.8) is 0 Å². The Balaban J connectivity index is 2.46. The molecule has 1 unspecified atom stereocenters. The maximum atomic E-state index is 11.3. The molecule has 2 N–H and O–H groups in total. The van der Waals surface area contributed by atoms with Gasteiger partial charge >= 0.3 is 6.09 Å². The van der Waals surface area contributed by atoms with Gasteiger partial charge in [0, 0.05) is 18.0 Å². The molecular weight excluding hydrogens is 270 g/mol. The molecule has 114 valence electrons. The maximum absolute atomic E-state index is 11.3. The van der Waals surface area contributed by atoms with Crippen LogP contribution in [0, 0.1) is 0 Å². The van der Waals surface area contributed by atoms with Crippen LogP contribution in [-0.2, 0) is 19.5 Å². The molecule has 6 nitrogen and oxygen atoms in total. The monoisotopic (exact) mass is 291 g/mol. The van der Waals surface area contributed by atoms with Gasteiger partial charge in [-0.25, -0.2) is 4.79 Å². The summed E-state index contributed by atoms with van der Waals surface area (Å²) >= 11 is 0. The fourth-order valence-corrected chi connectivity index (χ4v) is 2.78. The van der Waals surface area contributed by atoms with Crippen molar-refractivity contribution in [3.8, 4) is 0 Å². The summed E-state index contributed by atoms with van der Waals surface area (Å²) in [7, 11) is 0. The van der Waals surface area contributed by atoms with Crippen LogP contribution in [0.1, 0.15) is 36.4 Å². The van der Waals surface area contributed by atoms with Gasteiger partial charge in [-0.05, 0) is 13.3 Å². The number of carbonyl (C=O) groups is 1. The highest BCUT2D eigenvalue weighted by Crippen LogP contribution is 2.31. The smallest absolute Gasteiger partial charge is 0.407 e. The molecule has 0 bridgehead atoms. The SMILES string of the molecule is C=CCC(O)c1c2c(nn1CC=C)C[C@@H](C)N(C(=O)O)C2. The van der Waals surface area contributed by atoms with Crippen LogP contribution in [0.4, 0.5) is 4.79 Å². The second kappa shape index (κ2) is 6.13. The van der Waals surface area contributed by atoms with Crippen molar-refractivity contribution in [2.24, 2.45) is 0 Å². The number of fused-ring (bicyclic) bond motifs is 1. The molecule has 2 heterocycles. The van der Waals surface area contributed by atoms with Crippen LogP contribution in [0.15, 0.2) is 25.3 Å². The lowest BCUT2D eigenvalue weighted by Crippen LogP contribution is -2.41. The summed E-state index contributed by atoms with van der Waals surface area (Å²) < 4.78 is 1.71. The molecule has 1 aliphatic heterocycles. The summed E-state index contributed by atoms with van der Waals surface area (Å²) in [6.45, 7) is 9.94. The van der Waals surface area contributed by atoms with Gasteiger partial charge in [-0.3, -0.25) is 4.68 Å². The summed E-state index contributed by atoms with van der Waals surface area (Å²) in [5, 5.41) is 24.1. The minimum Gasteiger partial charge on any atom is -0.465 e. The highest BCUT2D eigenvalue weighted by atomic mass is 16.4. The first-order valence-electron chi connectivity index (χ1n) is 6.97. The molecule has 1 aliphatic rings. The summed E-state index contributed by atoms with van der Waals surface area (Å²) in [4.78, 5) is 12.7. The average Bonchev–Trinajstić information content (AvgIpc) is 2.75. The quantitative estimate of drug-likeness (QED) is 0.814. The van der Waals surface area contributed by atoms with E-state index >= 15 is 0 Å². The zero-order valence-corrected chi connectivity index (χ0v) is 12.2. The third-order valence-electron chi connectivity index (χ3n) is 3.78. The number of hydrogen-bond acceptors (Lipinski definition) is 3. The van der Waals surface area contributed by atoms with E-state index in [9.17, 15) is 15.0 Å². The minimum atomic E-state index is -0.950. The summed E-state index contributed by atoms with van der Waals surface area (Å²) in [6, 6.07) is -0.119. The molecule has 1 amide bonds. The Morgan fingerprint density at radius 1 is 1.52 bits per heavy atom. The molecule has 6 heteroatoms. The molecule has 0 aromatic carbocycles. The van der Waals surface area contributed by atoms with E-state index in [-0.39, 0.29) is 12.6 Å². The molecule has 0 saturated carbocycles. The topological polar surface area (TPSA) is 78.6 Å². The van der Waals surface area contributed by atoms with Crippen molar-refractivity contribution < 1.29 is 15.0 Å². The normalized spacial score (nSPS) is 19.0. The molecule has 2 rings (SSSR count). The predicted octanol–water partition coefficient (Wildman–Crippen LogP) is 2.10. The number of amides is 1. The predicted molar refractivity (Wildman–Crippen MR) is 78.9 cm³/mol. The Morgan fingerprint density at radius 3 is 2.81 bits per heavy atom. The molecule has 2 atom stereocenters. The lowest BCUT2D eigenvalue weighted by molar-refractivity contribution is 0.117. The van der Waals surface area contributed by atoms with Crippen molar-refractivity contribution in [2.75, 3.05) is 0 Å². The number of aromatic nitrogens is 2. The van der Waals surface area contributed by atoms with Crippen molar-refractivity contribution in [3.05, 3.63) is 42.3 Å². The number of carboxylic acid groups (broad SMARTS) is 1. The second-order valence-corrected chi connectivity index (χ2v) is 5.29. The van der Waals surface area contributed by atoms with Crippen LogP contribution in [-0.4, -0.2) is 37.0 Å². The Morgan fingerprint density at radius 2 is 2.24 bits per heavy atom. The number of hydrogen-bond donors (Lipinski definition) is 2. The van der Waals surface area contributed by atoms with Gasteiger partial charge in [-0.15, -0.1) is 13.2 Å². The largest absolute Gasteiger partial charge is 0.465 e. The van der Waals surface area contributed by atoms with Crippen molar-refractivity contribution in [1.29, 1.82) is 0 Å². The van der Waals surface area contributed by atoms with Gasteiger partial charge in [-0.2, -0.15) is 5.10 Å². The van der Waals surface area contributed by atoms with Gasteiger partial charge in [0.15, 0.2) is 0 Å². The Labute approximate surface area is 124 Å². The van der Waals surface area contributed by atoms with Crippen molar-refractivity contribution >= 4 is 6.09 Å². The summed E-state index contributed by atoms with van der Waals surface area (Å²) in [5.41, 5.74) is 2.34. The Kier molecular flexibility index (Phi) is 4.47. The third-order valence-corrected chi connectivity index (χ3v) is 3.78. The van der Waals surface area contributed by atoms with Gasteiger partial charge in [0.05, 0.1) is 30.6 Å². The van der Waals surface area contributed by atoms with Crippen molar-refractivity contribution in [2.45, 2.75) is 45.0 Å². The van der Waals surface area contributed by atoms with Gasteiger partial charge in [0.2, 0.25) is 0 Å². The first-order valence-corrected chi connectivity index (χ1v) is 6.97. The molecule has 0 radical (unpaired) electrons. The lowest BCUT2D eigenvalue weighted by Gasteiger charge is -2.31. The zero-order valence-electron chi connectivity index (χ0n) is 12.2. The molecule has 0 fully saturated rings. The molecule has 0 saturated heterocycles. The number of aliphatic hydroxyl groups is 1. The molecule has 1 aromatic heterocycles. The Bertz CT molecular complexity index is 565. The summed E-state index contributed by atoms with van der Waals surface area (Å²) in [6.07, 6.45) is 2.62. The van der Waals surface area contributed by atoms with Gasteiger partial charge in [0.25, 0.3) is 0 Å². The molecule has 0 aliphatic carbocycles. The van der Waals surface area contributed by atoms with E-state index in [1.165, 1.54) is 4.90 Å². The van der Waals surface area contributed by atoms with E-state index in [2.05, 4.69) is 18.3 Å². The van der Waals surface area contributed by atoms with E-state index < -0.39 is 12.2 Å². The highest BCUT2D eigenvalue weighted by Gasteiger charge is 2.33. The molecule has 0 spiro atoms. The fourth-order valence-electron chi connectivity index (χ4n) is 2.78. The first-order chi connectivity index (χ1) is 9.99. The highest BCUT2D eigenvalue weighted by molar-refractivity contribution is 5.66. The van der Waals surface area contributed by atoms with Crippen molar-refractivity contribution in [1.82, 2.24) is 14.7 Å². The van der Waals surface area contributed by atoms with E-state index in [4.69, 9.17) is 0 Å². The second-order valence-electron chi connectivity index (χ2n) is 5.29. The van der Waals surface area contributed by atoms with Crippen LogP contribution >= 0.6 is 0 Å². The molecule has 1 aromatic rings. The number of rotatable bonds is 5. The van der Waals surface area contributed by atoms with Gasteiger partial charge in [0.1, 0.15) is 0 Å². The van der Waals surface area contributed by atoms with Gasteiger partial charge in [-0.1, -0.05) is 12.2 Å². The number of allylic oxidation sites excluding steroid dienone is 1.